The summed E-state index contributed by atoms with van der Waals surface area (Å²) < 4.78 is 13.4. The van der Waals surface area contributed by atoms with E-state index in [0.29, 0.717) is 54.9 Å². The first kappa shape index (κ1) is 29.7. The number of hydrogen-bond acceptors (Lipinski definition) is 8. The number of nitrogens with one attached hydrogen (secondary N) is 2. The van der Waals surface area contributed by atoms with Crippen molar-refractivity contribution in [1.82, 2.24) is 35.3 Å². The van der Waals surface area contributed by atoms with Crippen LogP contribution >= 0.6 is 0 Å². The minimum atomic E-state index is -0.397. The third-order valence-corrected chi connectivity index (χ3v) is 7.19. The summed E-state index contributed by atoms with van der Waals surface area (Å²) in [6.45, 7) is 6.12. The largest absolute Gasteiger partial charge is 0.493 e. The minimum Gasteiger partial charge on any atom is -0.493 e. The zero-order chi connectivity index (χ0) is 30.2. The Morgan fingerprint density at radius 2 is 1.88 bits per heavy atom. The van der Waals surface area contributed by atoms with Crippen LogP contribution in [0.4, 0.5) is 0 Å². The first-order valence-electron chi connectivity index (χ1n) is 14.4. The third-order valence-electron chi connectivity index (χ3n) is 7.19. The summed E-state index contributed by atoms with van der Waals surface area (Å²) in [5.41, 5.74) is 2.30. The third kappa shape index (κ3) is 7.55. The molecule has 2 aromatic carbocycles. The second kappa shape index (κ2) is 13.9. The Labute approximate surface area is 251 Å². The van der Waals surface area contributed by atoms with Gasteiger partial charge in [-0.15, -0.1) is 0 Å². The van der Waals surface area contributed by atoms with Gasteiger partial charge in [0.05, 0.1) is 26.2 Å². The van der Waals surface area contributed by atoms with Gasteiger partial charge in [0.1, 0.15) is 6.61 Å². The number of pyridine rings is 1. The number of ether oxygens (including phenoxy) is 2. The van der Waals surface area contributed by atoms with E-state index in [1.807, 2.05) is 61.2 Å². The van der Waals surface area contributed by atoms with Gasteiger partial charge in [-0.1, -0.05) is 50.2 Å². The van der Waals surface area contributed by atoms with Gasteiger partial charge in [0.2, 0.25) is 5.91 Å². The van der Waals surface area contributed by atoms with Gasteiger partial charge >= 0.3 is 0 Å². The molecule has 3 heterocycles. The van der Waals surface area contributed by atoms with Crippen molar-refractivity contribution < 1.29 is 19.1 Å². The average Bonchev–Trinajstić information content (AvgIpc) is 3.43. The molecule has 224 valence electrons. The highest BCUT2D eigenvalue weighted by atomic mass is 16.5. The molecule has 2 N–H and O–H groups in total. The molecule has 2 bridgehead atoms. The van der Waals surface area contributed by atoms with E-state index in [2.05, 4.69) is 15.6 Å². The Morgan fingerprint density at radius 3 is 2.63 bits per heavy atom. The van der Waals surface area contributed by atoms with E-state index in [4.69, 9.17) is 19.6 Å². The van der Waals surface area contributed by atoms with Crippen LogP contribution in [0.3, 0.4) is 0 Å². The number of rotatable bonds is 5. The molecule has 11 heteroatoms. The van der Waals surface area contributed by atoms with Crippen molar-refractivity contribution in [3.05, 3.63) is 90.0 Å². The average molecular weight is 584 g/mol. The van der Waals surface area contributed by atoms with Gasteiger partial charge in [0, 0.05) is 43.2 Å². The molecule has 5 rings (SSSR count). The topological polar surface area (TPSA) is 124 Å². The zero-order valence-electron chi connectivity index (χ0n) is 24.7. The Morgan fingerprint density at radius 1 is 1.05 bits per heavy atom. The first-order chi connectivity index (χ1) is 20.9. The molecule has 1 aliphatic heterocycles. The maximum absolute atomic E-state index is 13.5. The van der Waals surface area contributed by atoms with Crippen LogP contribution in [0, 0.1) is 5.92 Å². The summed E-state index contributed by atoms with van der Waals surface area (Å²) in [6, 6.07) is 18.3. The zero-order valence-corrected chi connectivity index (χ0v) is 24.7. The van der Waals surface area contributed by atoms with E-state index in [9.17, 15) is 9.59 Å². The highest BCUT2D eigenvalue weighted by molar-refractivity contribution is 5.94. The molecule has 2 amide bonds. The Balaban J connectivity index is 1.50. The fraction of sp³-hybridized carbons (Fsp3) is 0.344. The van der Waals surface area contributed by atoms with Crippen molar-refractivity contribution in [2.45, 2.75) is 33.0 Å². The molecule has 0 aliphatic carbocycles. The number of hydrogen-bond donors (Lipinski definition) is 2. The first-order valence-corrected chi connectivity index (χ1v) is 14.4. The molecule has 1 atom stereocenters. The predicted octanol–water partition coefficient (Wildman–Crippen LogP) is 3.49. The van der Waals surface area contributed by atoms with Crippen LogP contribution in [0.5, 0.6) is 11.5 Å². The van der Waals surface area contributed by atoms with Gasteiger partial charge in [-0.25, -0.2) is 9.67 Å². The number of amides is 2. The number of aromatic nitrogens is 4. The summed E-state index contributed by atoms with van der Waals surface area (Å²) in [6.07, 6.45) is 3.50. The number of carbonyl (C=O) groups is 2. The SMILES string of the molecule is COc1ccc2cc1OCCn1nc(-c3ccccc3)nc1[C@@H](C(C)C)NC(=O)CN(Cc1cccnc1)CCNC2=O. The number of benzene rings is 2. The minimum absolute atomic E-state index is 0.0290. The molecule has 2 aromatic heterocycles. The van der Waals surface area contributed by atoms with E-state index < -0.39 is 6.04 Å². The lowest BCUT2D eigenvalue weighted by Gasteiger charge is -2.26. The van der Waals surface area contributed by atoms with Crippen LogP contribution in [0.2, 0.25) is 0 Å². The maximum Gasteiger partial charge on any atom is 0.251 e. The summed E-state index contributed by atoms with van der Waals surface area (Å²) in [5.74, 6) is 1.83. The maximum atomic E-state index is 13.5. The highest BCUT2D eigenvalue weighted by Crippen LogP contribution is 2.29. The van der Waals surface area contributed by atoms with E-state index in [1.54, 1.807) is 42.4 Å². The molecule has 1 aliphatic rings. The van der Waals surface area contributed by atoms with Crippen molar-refractivity contribution in [3.63, 3.8) is 0 Å². The van der Waals surface area contributed by atoms with Crippen LogP contribution in [-0.4, -0.2) is 69.8 Å². The monoisotopic (exact) mass is 583 g/mol. The van der Waals surface area contributed by atoms with Gasteiger partial charge in [0.25, 0.3) is 5.91 Å². The van der Waals surface area contributed by atoms with Gasteiger partial charge in [-0.2, -0.15) is 5.10 Å². The van der Waals surface area contributed by atoms with E-state index in [-0.39, 0.29) is 30.9 Å². The van der Waals surface area contributed by atoms with Gasteiger partial charge in [0.15, 0.2) is 23.1 Å². The van der Waals surface area contributed by atoms with Crippen molar-refractivity contribution in [1.29, 1.82) is 0 Å². The Kier molecular flexibility index (Phi) is 9.63. The molecular weight excluding hydrogens is 546 g/mol. The molecule has 0 fully saturated rings. The summed E-state index contributed by atoms with van der Waals surface area (Å²) in [4.78, 5) is 37.7. The smallest absolute Gasteiger partial charge is 0.251 e. The molecule has 0 saturated heterocycles. The second-order valence-electron chi connectivity index (χ2n) is 10.7. The Bertz CT molecular complexity index is 1530. The number of nitrogens with zero attached hydrogens (tertiary/aromatic N) is 5. The molecule has 0 spiro atoms. The van der Waals surface area contributed by atoms with Crippen LogP contribution in [-0.2, 0) is 17.9 Å². The fourth-order valence-electron chi connectivity index (χ4n) is 4.98. The van der Waals surface area contributed by atoms with Crippen LogP contribution < -0.4 is 20.1 Å². The van der Waals surface area contributed by atoms with Crippen molar-refractivity contribution >= 4 is 11.8 Å². The van der Waals surface area contributed by atoms with Crippen LogP contribution in [0.25, 0.3) is 11.4 Å². The van der Waals surface area contributed by atoms with E-state index in [0.717, 1.165) is 11.1 Å². The second-order valence-corrected chi connectivity index (χ2v) is 10.7. The molecule has 43 heavy (non-hydrogen) atoms. The normalized spacial score (nSPS) is 16.9. The molecule has 4 aromatic rings. The van der Waals surface area contributed by atoms with Crippen LogP contribution in [0.1, 0.15) is 41.6 Å². The van der Waals surface area contributed by atoms with Crippen LogP contribution in [0.15, 0.2) is 73.1 Å². The molecular formula is C32H37N7O4. The lowest BCUT2D eigenvalue weighted by molar-refractivity contribution is -0.123. The van der Waals surface area contributed by atoms with Crippen molar-refractivity contribution in [3.8, 4) is 22.9 Å². The molecule has 0 saturated carbocycles. The standard InChI is InChI=1S/C32H37N7O4/c1-22(2)29-31-36-30(24-9-5-4-6-10-24)37-39(31)16-17-43-27-18-25(11-12-26(27)42-3)32(41)34-14-15-38(21-28(40)35-29)20-23-8-7-13-33-19-23/h4-13,18-19,22,29H,14-17,20-21H2,1-3H3,(H,34,41)(H,35,40)/t29-/m1/s1. The number of methoxy groups -OCH3 is 1. The van der Waals surface area contributed by atoms with Crippen molar-refractivity contribution in [2.75, 3.05) is 33.4 Å². The van der Waals surface area contributed by atoms with Gasteiger partial charge in [-0.3, -0.25) is 19.5 Å². The molecule has 11 nitrogen and oxygen atoms in total. The summed E-state index contributed by atoms with van der Waals surface area (Å²) in [5, 5.41) is 11.0. The Hall–Kier alpha value is -4.77. The predicted molar refractivity (Wildman–Crippen MR) is 162 cm³/mol. The molecule has 0 radical (unpaired) electrons. The highest BCUT2D eigenvalue weighted by Gasteiger charge is 2.27. The van der Waals surface area contributed by atoms with Gasteiger partial charge < -0.3 is 20.1 Å². The number of fused-ring (bicyclic) bond motifs is 3. The van der Waals surface area contributed by atoms with E-state index >= 15 is 0 Å². The van der Waals surface area contributed by atoms with Gasteiger partial charge in [-0.05, 0) is 35.7 Å². The summed E-state index contributed by atoms with van der Waals surface area (Å²) in [7, 11) is 1.56. The van der Waals surface area contributed by atoms with Crippen molar-refractivity contribution in [2.24, 2.45) is 5.92 Å². The molecule has 0 unspecified atom stereocenters. The quantitative estimate of drug-likeness (QED) is 0.366. The lowest BCUT2D eigenvalue weighted by Crippen LogP contribution is -2.43. The van der Waals surface area contributed by atoms with E-state index in [1.165, 1.54) is 0 Å². The summed E-state index contributed by atoms with van der Waals surface area (Å²) >= 11 is 0. The number of carbonyl (C=O) groups excluding carboxylic acids is 2. The lowest BCUT2D eigenvalue weighted by atomic mass is 10.0. The fourth-order valence-corrected chi connectivity index (χ4v) is 4.98.